The van der Waals surface area contributed by atoms with Crippen molar-refractivity contribution in [3.05, 3.63) is 35.4 Å². The molecule has 7 nitrogen and oxygen atoms in total. The molecule has 0 saturated heterocycles. The Bertz CT molecular complexity index is 824. The van der Waals surface area contributed by atoms with Crippen molar-refractivity contribution < 1.29 is 14.2 Å². The molecule has 1 aromatic rings. The SMILES string of the molecule is CC(C)[C@H]1COC(N(Cc2cccc(COCCN(C(C)C)C(C)C)c2)C2=N[C@@H](C(C)C)CO2)=N1. The Morgan fingerprint density at radius 3 is 1.89 bits per heavy atom. The lowest BCUT2D eigenvalue weighted by molar-refractivity contribution is 0.0699. The van der Waals surface area contributed by atoms with Crippen LogP contribution in [0.25, 0.3) is 0 Å². The Hall–Kier alpha value is -2.12. The van der Waals surface area contributed by atoms with Crippen molar-refractivity contribution in [1.29, 1.82) is 0 Å². The Morgan fingerprint density at radius 2 is 1.40 bits per heavy atom. The van der Waals surface area contributed by atoms with Crippen LogP contribution in [0, 0.1) is 11.8 Å². The molecule has 1 aromatic carbocycles. The molecule has 3 rings (SSSR count). The van der Waals surface area contributed by atoms with E-state index in [4.69, 9.17) is 24.2 Å². The Balaban J connectivity index is 1.68. The molecule has 0 aromatic heterocycles. The smallest absolute Gasteiger partial charge is 0.296 e. The molecule has 2 aliphatic rings. The minimum absolute atomic E-state index is 0.159. The van der Waals surface area contributed by atoms with E-state index in [-0.39, 0.29) is 12.1 Å². The van der Waals surface area contributed by atoms with Crippen molar-refractivity contribution in [2.45, 2.75) is 92.7 Å². The molecule has 2 heterocycles. The van der Waals surface area contributed by atoms with Crippen LogP contribution in [0.1, 0.15) is 66.5 Å². The third-order valence-electron chi connectivity index (χ3n) is 6.74. The molecule has 196 valence electrons. The van der Waals surface area contributed by atoms with Crippen LogP contribution >= 0.6 is 0 Å². The molecular weight excluding hydrogens is 440 g/mol. The summed E-state index contributed by atoms with van der Waals surface area (Å²) in [4.78, 5) is 14.2. The van der Waals surface area contributed by atoms with Crippen LogP contribution in [0.5, 0.6) is 0 Å². The first kappa shape index (κ1) is 27.5. The summed E-state index contributed by atoms with van der Waals surface area (Å²) in [5, 5.41) is 0. The molecule has 0 bridgehead atoms. The summed E-state index contributed by atoms with van der Waals surface area (Å²) in [5.74, 6) is 0.846. The van der Waals surface area contributed by atoms with Crippen molar-refractivity contribution >= 4 is 12.0 Å². The summed E-state index contributed by atoms with van der Waals surface area (Å²) in [5.41, 5.74) is 2.31. The topological polar surface area (TPSA) is 58.9 Å². The fraction of sp³-hybridized carbons (Fsp3) is 0.714. The van der Waals surface area contributed by atoms with Crippen LogP contribution in [0.2, 0.25) is 0 Å². The van der Waals surface area contributed by atoms with Crippen LogP contribution in [0.3, 0.4) is 0 Å². The molecule has 0 fully saturated rings. The summed E-state index contributed by atoms with van der Waals surface area (Å²) < 4.78 is 18.1. The van der Waals surface area contributed by atoms with Gasteiger partial charge in [-0.2, -0.15) is 0 Å². The highest BCUT2D eigenvalue weighted by Gasteiger charge is 2.33. The largest absolute Gasteiger partial charge is 0.463 e. The second-order valence-electron chi connectivity index (χ2n) is 11.0. The molecule has 2 aliphatic heterocycles. The molecule has 0 amide bonds. The van der Waals surface area contributed by atoms with E-state index in [1.165, 1.54) is 0 Å². The Kier molecular flexibility index (Phi) is 9.99. The number of aliphatic imine (C=N–C) groups is 2. The number of ether oxygens (including phenoxy) is 3. The van der Waals surface area contributed by atoms with Gasteiger partial charge in [-0.15, -0.1) is 0 Å². The van der Waals surface area contributed by atoms with Gasteiger partial charge in [-0.05, 0) is 50.7 Å². The van der Waals surface area contributed by atoms with E-state index in [9.17, 15) is 0 Å². The van der Waals surface area contributed by atoms with Crippen molar-refractivity contribution in [3.63, 3.8) is 0 Å². The first-order valence-electron chi connectivity index (χ1n) is 13.3. The Morgan fingerprint density at radius 1 is 0.857 bits per heavy atom. The zero-order chi connectivity index (χ0) is 25.5. The molecule has 0 saturated carbocycles. The molecule has 0 unspecified atom stereocenters. The fourth-order valence-electron chi connectivity index (χ4n) is 4.42. The maximum Gasteiger partial charge on any atom is 0.296 e. The van der Waals surface area contributed by atoms with E-state index in [0.29, 0.717) is 62.3 Å². The van der Waals surface area contributed by atoms with E-state index in [0.717, 1.165) is 24.3 Å². The van der Waals surface area contributed by atoms with Gasteiger partial charge >= 0.3 is 0 Å². The average molecular weight is 487 g/mol. The van der Waals surface area contributed by atoms with Crippen LogP contribution in [-0.2, 0) is 27.4 Å². The van der Waals surface area contributed by atoms with Gasteiger partial charge in [-0.3, -0.25) is 4.90 Å². The number of hydrogen-bond donors (Lipinski definition) is 0. The lowest BCUT2D eigenvalue weighted by Crippen LogP contribution is -2.39. The predicted molar refractivity (Wildman–Crippen MR) is 143 cm³/mol. The molecule has 2 atom stereocenters. The number of benzene rings is 1. The highest BCUT2D eigenvalue weighted by atomic mass is 16.5. The third-order valence-corrected chi connectivity index (χ3v) is 6.74. The van der Waals surface area contributed by atoms with Crippen LogP contribution in [0.15, 0.2) is 34.3 Å². The van der Waals surface area contributed by atoms with Gasteiger partial charge in [0.15, 0.2) is 0 Å². The van der Waals surface area contributed by atoms with E-state index in [1.807, 2.05) is 4.90 Å². The average Bonchev–Trinajstić information content (AvgIpc) is 3.48. The minimum Gasteiger partial charge on any atom is -0.463 e. The quantitative estimate of drug-likeness (QED) is 0.415. The summed E-state index contributed by atoms with van der Waals surface area (Å²) in [6.07, 6.45) is 0. The van der Waals surface area contributed by atoms with Crippen molar-refractivity contribution in [1.82, 2.24) is 9.80 Å². The summed E-state index contributed by atoms with van der Waals surface area (Å²) >= 11 is 0. The van der Waals surface area contributed by atoms with Gasteiger partial charge in [0.1, 0.15) is 13.2 Å². The number of amidine groups is 2. The number of hydrogen-bond acceptors (Lipinski definition) is 7. The maximum atomic E-state index is 6.04. The fourth-order valence-corrected chi connectivity index (χ4v) is 4.42. The third kappa shape index (κ3) is 7.68. The van der Waals surface area contributed by atoms with Crippen LogP contribution in [-0.4, -0.2) is 72.4 Å². The summed E-state index contributed by atoms with van der Waals surface area (Å²) in [7, 11) is 0. The van der Waals surface area contributed by atoms with Gasteiger partial charge < -0.3 is 14.2 Å². The zero-order valence-corrected chi connectivity index (χ0v) is 23.0. The van der Waals surface area contributed by atoms with Gasteiger partial charge in [-0.1, -0.05) is 52.0 Å². The highest BCUT2D eigenvalue weighted by molar-refractivity contribution is 5.94. The monoisotopic (exact) mass is 486 g/mol. The van der Waals surface area contributed by atoms with E-state index < -0.39 is 0 Å². The number of rotatable bonds is 11. The van der Waals surface area contributed by atoms with E-state index in [2.05, 4.69) is 84.6 Å². The molecular formula is C28H46N4O3. The van der Waals surface area contributed by atoms with Crippen molar-refractivity contribution in [2.75, 3.05) is 26.4 Å². The lowest BCUT2D eigenvalue weighted by Gasteiger charge is -2.30. The molecule has 35 heavy (non-hydrogen) atoms. The molecule has 7 heteroatoms. The predicted octanol–water partition coefficient (Wildman–Crippen LogP) is 4.95. The molecule has 0 N–H and O–H groups in total. The van der Waals surface area contributed by atoms with Gasteiger partial charge in [0.2, 0.25) is 0 Å². The molecule has 0 spiro atoms. The van der Waals surface area contributed by atoms with Crippen LogP contribution in [0.4, 0.5) is 0 Å². The second kappa shape index (κ2) is 12.7. The van der Waals surface area contributed by atoms with Gasteiger partial charge in [0, 0.05) is 18.6 Å². The van der Waals surface area contributed by atoms with Crippen molar-refractivity contribution in [3.8, 4) is 0 Å². The molecule has 0 radical (unpaired) electrons. The summed E-state index contributed by atoms with van der Waals surface area (Å²) in [6.45, 7) is 21.7. The second-order valence-corrected chi connectivity index (χ2v) is 11.0. The van der Waals surface area contributed by atoms with Gasteiger partial charge in [0.25, 0.3) is 12.0 Å². The van der Waals surface area contributed by atoms with Crippen LogP contribution < -0.4 is 0 Å². The standard InChI is InChI=1S/C28H46N4O3/c1-19(2)25-17-34-27(29-25)32(28-30-26(18-35-28)20(3)4)15-23-10-9-11-24(14-23)16-33-13-12-31(21(5)6)22(7)8/h9-11,14,19-22,25-26H,12-13,15-18H2,1-8H3/t25-,26-/m1/s1. The maximum absolute atomic E-state index is 6.04. The van der Waals surface area contributed by atoms with Gasteiger partial charge in [0.05, 0.1) is 31.8 Å². The zero-order valence-electron chi connectivity index (χ0n) is 23.0. The summed E-state index contributed by atoms with van der Waals surface area (Å²) in [6, 6.07) is 11.1. The molecule has 0 aliphatic carbocycles. The van der Waals surface area contributed by atoms with E-state index >= 15 is 0 Å². The van der Waals surface area contributed by atoms with E-state index in [1.54, 1.807) is 0 Å². The number of nitrogens with zero attached hydrogens (tertiary/aromatic N) is 4. The van der Waals surface area contributed by atoms with Gasteiger partial charge in [-0.25, -0.2) is 14.9 Å². The first-order valence-corrected chi connectivity index (χ1v) is 13.3. The first-order chi connectivity index (χ1) is 16.7. The van der Waals surface area contributed by atoms with Crippen molar-refractivity contribution in [2.24, 2.45) is 21.8 Å². The highest BCUT2D eigenvalue weighted by Crippen LogP contribution is 2.22. The lowest BCUT2D eigenvalue weighted by atomic mass is 10.1. The normalized spacial score (nSPS) is 20.1. The minimum atomic E-state index is 0.159. The Labute approximate surface area is 212 Å².